The molecule has 144 valence electrons. The molecule has 1 aromatic heterocycles. The van der Waals surface area contributed by atoms with Gasteiger partial charge in [-0.15, -0.1) is 0 Å². The van der Waals surface area contributed by atoms with Gasteiger partial charge in [-0.2, -0.15) is 0 Å². The number of rotatable bonds is 3. The van der Waals surface area contributed by atoms with Gasteiger partial charge >= 0.3 is 6.03 Å². The second-order valence-corrected chi connectivity index (χ2v) is 7.52. The Morgan fingerprint density at radius 3 is 2.54 bits per heavy atom. The average molecular weight is 377 g/mol. The molecular formula is C22H23N3O3. The molecule has 1 aliphatic heterocycles. The molecule has 1 N–H and O–H groups in total. The van der Waals surface area contributed by atoms with E-state index in [4.69, 9.17) is 0 Å². The van der Waals surface area contributed by atoms with Crippen LogP contribution in [-0.4, -0.2) is 33.4 Å². The molecule has 6 nitrogen and oxygen atoms in total. The molecule has 0 bridgehead atoms. The molecule has 1 aromatic carbocycles. The molecule has 0 atom stereocenters. The van der Waals surface area contributed by atoms with Gasteiger partial charge < -0.3 is 4.57 Å². The number of amides is 4. The minimum Gasteiger partial charge on any atom is -0.317 e. The fourth-order valence-electron chi connectivity index (χ4n) is 4.12. The fourth-order valence-corrected chi connectivity index (χ4v) is 4.12. The van der Waals surface area contributed by atoms with Crippen LogP contribution in [0, 0.1) is 13.8 Å². The number of nitrogens with one attached hydrogen (secondary N) is 1. The van der Waals surface area contributed by atoms with Crippen molar-refractivity contribution in [3.05, 3.63) is 58.9 Å². The highest BCUT2D eigenvalue weighted by molar-refractivity contribution is 6.31. The second kappa shape index (κ2) is 7.11. The van der Waals surface area contributed by atoms with Crippen LogP contribution in [0.1, 0.15) is 42.5 Å². The molecule has 1 saturated heterocycles. The summed E-state index contributed by atoms with van der Waals surface area (Å²) >= 11 is 0. The van der Waals surface area contributed by atoms with Crippen molar-refractivity contribution >= 4 is 23.9 Å². The summed E-state index contributed by atoms with van der Waals surface area (Å²) < 4.78 is 1.94. The first kappa shape index (κ1) is 18.2. The highest BCUT2D eigenvalue weighted by Gasteiger charge is 2.40. The van der Waals surface area contributed by atoms with E-state index in [1.165, 1.54) is 10.5 Å². The van der Waals surface area contributed by atoms with E-state index in [-0.39, 0.29) is 11.6 Å². The molecule has 6 heteroatoms. The van der Waals surface area contributed by atoms with E-state index < -0.39 is 17.8 Å². The third kappa shape index (κ3) is 3.15. The van der Waals surface area contributed by atoms with Crippen LogP contribution < -0.4 is 5.32 Å². The minimum atomic E-state index is -0.641. The van der Waals surface area contributed by atoms with Gasteiger partial charge in [0, 0.05) is 23.6 Å². The quantitative estimate of drug-likeness (QED) is 0.657. The Kier molecular flexibility index (Phi) is 4.63. The lowest BCUT2D eigenvalue weighted by Crippen LogP contribution is -2.57. The second-order valence-electron chi connectivity index (χ2n) is 7.52. The number of imide groups is 2. The molecule has 2 heterocycles. The minimum absolute atomic E-state index is 0.00350. The summed E-state index contributed by atoms with van der Waals surface area (Å²) in [6.07, 6.45) is 7.04. The maximum Gasteiger partial charge on any atom is 0.331 e. The number of barbiturate groups is 1. The normalized spacial score (nSPS) is 19.6. The average Bonchev–Trinajstić information content (AvgIpc) is 3.30. The Balaban J connectivity index is 1.72. The first-order valence-corrected chi connectivity index (χ1v) is 9.61. The smallest absolute Gasteiger partial charge is 0.317 e. The van der Waals surface area contributed by atoms with E-state index >= 15 is 0 Å². The molecule has 2 fully saturated rings. The predicted molar refractivity (Wildman–Crippen MR) is 106 cm³/mol. The molecular weight excluding hydrogens is 354 g/mol. The fraction of sp³-hybridized carbons (Fsp3) is 0.318. The molecule has 1 aliphatic carbocycles. The summed E-state index contributed by atoms with van der Waals surface area (Å²) in [5.41, 5.74) is 3.95. The van der Waals surface area contributed by atoms with E-state index in [0.717, 1.165) is 36.9 Å². The molecule has 28 heavy (non-hydrogen) atoms. The van der Waals surface area contributed by atoms with Gasteiger partial charge in [0.1, 0.15) is 5.57 Å². The van der Waals surface area contributed by atoms with Gasteiger partial charge in [0.05, 0.1) is 0 Å². The number of aryl methyl sites for hydroxylation is 2. The summed E-state index contributed by atoms with van der Waals surface area (Å²) in [6.45, 7) is 4.06. The van der Waals surface area contributed by atoms with Gasteiger partial charge in [-0.05, 0) is 56.5 Å². The predicted octanol–water partition coefficient (Wildman–Crippen LogP) is 3.50. The van der Waals surface area contributed by atoms with E-state index in [1.807, 2.05) is 48.9 Å². The first-order chi connectivity index (χ1) is 13.5. The van der Waals surface area contributed by atoms with Crippen LogP contribution in [0.25, 0.3) is 11.8 Å². The zero-order valence-electron chi connectivity index (χ0n) is 16.1. The zero-order chi connectivity index (χ0) is 19.8. The SMILES string of the molecule is Cc1ccc(-n2cccc2/C=C2\C(=O)NC(=O)N(C3CCCC3)C2=O)c(C)c1. The lowest BCUT2D eigenvalue weighted by atomic mass is 10.1. The van der Waals surface area contributed by atoms with Gasteiger partial charge in [-0.25, -0.2) is 4.79 Å². The highest BCUT2D eigenvalue weighted by Crippen LogP contribution is 2.27. The lowest BCUT2D eigenvalue weighted by molar-refractivity contribution is -0.131. The van der Waals surface area contributed by atoms with Gasteiger partial charge in [0.2, 0.25) is 0 Å². The molecule has 2 aliphatic rings. The maximum absolute atomic E-state index is 13.0. The third-order valence-electron chi connectivity index (χ3n) is 5.51. The van der Waals surface area contributed by atoms with Crippen molar-refractivity contribution in [2.75, 3.05) is 0 Å². The van der Waals surface area contributed by atoms with Gasteiger partial charge in [-0.1, -0.05) is 30.5 Å². The van der Waals surface area contributed by atoms with Crippen LogP contribution in [-0.2, 0) is 9.59 Å². The Morgan fingerprint density at radius 1 is 1.07 bits per heavy atom. The van der Waals surface area contributed by atoms with Crippen LogP contribution in [0.3, 0.4) is 0 Å². The third-order valence-corrected chi connectivity index (χ3v) is 5.51. The van der Waals surface area contributed by atoms with Crippen molar-refractivity contribution in [3.8, 4) is 5.69 Å². The van der Waals surface area contributed by atoms with Gasteiger partial charge in [-0.3, -0.25) is 19.8 Å². The van der Waals surface area contributed by atoms with Crippen LogP contribution >= 0.6 is 0 Å². The van der Waals surface area contributed by atoms with E-state index in [1.54, 1.807) is 6.08 Å². The van der Waals surface area contributed by atoms with Crippen LogP contribution in [0.5, 0.6) is 0 Å². The van der Waals surface area contributed by atoms with Crippen molar-refractivity contribution < 1.29 is 14.4 Å². The summed E-state index contributed by atoms with van der Waals surface area (Å²) in [6, 6.07) is 9.12. The summed E-state index contributed by atoms with van der Waals surface area (Å²) in [5, 5.41) is 2.33. The summed E-state index contributed by atoms with van der Waals surface area (Å²) in [4.78, 5) is 38.9. The molecule has 4 rings (SSSR count). The number of nitrogens with zero attached hydrogens (tertiary/aromatic N) is 2. The largest absolute Gasteiger partial charge is 0.331 e. The monoisotopic (exact) mass is 377 g/mol. The number of hydrogen-bond acceptors (Lipinski definition) is 3. The van der Waals surface area contributed by atoms with Crippen molar-refractivity contribution in [1.29, 1.82) is 0 Å². The standard InChI is InChI=1S/C22H23N3O3/c1-14-9-10-19(15(2)12-14)24-11-5-8-17(24)13-18-20(26)23-22(28)25(21(18)27)16-6-3-4-7-16/h5,8-13,16H,3-4,6-7H2,1-2H3,(H,23,26,28)/b18-13+. The molecule has 0 radical (unpaired) electrons. The number of urea groups is 1. The highest BCUT2D eigenvalue weighted by atomic mass is 16.2. The molecule has 0 unspecified atom stereocenters. The first-order valence-electron chi connectivity index (χ1n) is 9.61. The summed E-state index contributed by atoms with van der Waals surface area (Å²) in [5.74, 6) is -1.15. The maximum atomic E-state index is 13.0. The Bertz CT molecular complexity index is 996. The van der Waals surface area contributed by atoms with Crippen LogP contribution in [0.2, 0.25) is 0 Å². The van der Waals surface area contributed by atoms with E-state index in [9.17, 15) is 14.4 Å². The van der Waals surface area contributed by atoms with E-state index in [0.29, 0.717) is 5.69 Å². The Hall–Kier alpha value is -3.15. The summed E-state index contributed by atoms with van der Waals surface area (Å²) in [7, 11) is 0. The number of hydrogen-bond donors (Lipinski definition) is 1. The van der Waals surface area contributed by atoms with Gasteiger partial charge in [0.15, 0.2) is 0 Å². The van der Waals surface area contributed by atoms with Crippen molar-refractivity contribution in [2.45, 2.75) is 45.6 Å². The van der Waals surface area contributed by atoms with Gasteiger partial charge in [0.25, 0.3) is 11.8 Å². The lowest BCUT2D eigenvalue weighted by Gasteiger charge is -2.31. The van der Waals surface area contributed by atoms with E-state index in [2.05, 4.69) is 11.4 Å². The molecule has 4 amide bonds. The number of carbonyl (C=O) groups excluding carboxylic acids is 3. The van der Waals surface area contributed by atoms with Crippen LogP contribution in [0.15, 0.2) is 42.1 Å². The van der Waals surface area contributed by atoms with Crippen molar-refractivity contribution in [3.63, 3.8) is 0 Å². The number of carbonyl (C=O) groups is 3. The Labute approximate surface area is 163 Å². The zero-order valence-corrected chi connectivity index (χ0v) is 16.1. The topological polar surface area (TPSA) is 71.4 Å². The Morgan fingerprint density at radius 2 is 1.82 bits per heavy atom. The number of aromatic nitrogens is 1. The molecule has 2 aromatic rings. The van der Waals surface area contributed by atoms with Crippen LogP contribution in [0.4, 0.5) is 4.79 Å². The molecule has 1 saturated carbocycles. The van der Waals surface area contributed by atoms with Crippen molar-refractivity contribution in [2.24, 2.45) is 0 Å². The number of benzene rings is 1. The molecule has 0 spiro atoms. The van der Waals surface area contributed by atoms with Crippen molar-refractivity contribution in [1.82, 2.24) is 14.8 Å².